The molecule has 8 heteroatoms. The number of nitrogens with zero attached hydrogens (tertiary/aromatic N) is 3. The maximum Gasteiger partial charge on any atom is 0.249 e. The number of carbonyl (C=O) groups is 2. The van der Waals surface area contributed by atoms with Gasteiger partial charge in [0, 0.05) is 11.5 Å². The third-order valence-corrected chi connectivity index (χ3v) is 3.49. The van der Waals surface area contributed by atoms with Gasteiger partial charge in [0.2, 0.25) is 11.8 Å². The van der Waals surface area contributed by atoms with Gasteiger partial charge in [0.25, 0.3) is 0 Å². The van der Waals surface area contributed by atoms with Crippen molar-refractivity contribution in [3.63, 3.8) is 0 Å². The Morgan fingerprint density at radius 1 is 1.38 bits per heavy atom. The van der Waals surface area contributed by atoms with Crippen LogP contribution >= 0.6 is 0 Å². The fourth-order valence-corrected chi connectivity index (χ4v) is 2.17. The highest BCUT2D eigenvalue weighted by atomic mass is 16.2. The minimum atomic E-state index is -0.484. The topological polar surface area (TPSA) is 113 Å². The van der Waals surface area contributed by atoms with Crippen LogP contribution < -0.4 is 21.5 Å². The molecule has 0 spiro atoms. The van der Waals surface area contributed by atoms with E-state index in [9.17, 15) is 9.59 Å². The van der Waals surface area contributed by atoms with Crippen LogP contribution in [0.1, 0.15) is 38.1 Å². The number of aromatic nitrogens is 2. The Kier molecular flexibility index (Phi) is 4.08. The molecular formula is C13H20N6O2. The summed E-state index contributed by atoms with van der Waals surface area (Å²) in [4.78, 5) is 34.0. The molecule has 1 unspecified atom stereocenters. The molecule has 2 heterocycles. The first-order valence-electron chi connectivity index (χ1n) is 6.80. The van der Waals surface area contributed by atoms with Gasteiger partial charge in [-0.2, -0.15) is 0 Å². The first-order chi connectivity index (χ1) is 9.85. The van der Waals surface area contributed by atoms with Gasteiger partial charge in [0.15, 0.2) is 0 Å². The maximum absolute atomic E-state index is 11.8. The molecule has 114 valence electrons. The second-order valence-electron chi connectivity index (χ2n) is 5.39. The van der Waals surface area contributed by atoms with E-state index in [0.29, 0.717) is 23.0 Å². The lowest BCUT2D eigenvalue weighted by molar-refractivity contribution is -0.132. The van der Waals surface area contributed by atoms with E-state index in [1.165, 1.54) is 0 Å². The molecule has 0 bridgehead atoms. The van der Waals surface area contributed by atoms with E-state index < -0.39 is 6.04 Å². The molecule has 1 aliphatic rings. The summed E-state index contributed by atoms with van der Waals surface area (Å²) in [5.74, 6) is 6.58. The van der Waals surface area contributed by atoms with Crippen LogP contribution in [0.25, 0.3) is 0 Å². The van der Waals surface area contributed by atoms with Crippen LogP contribution in [0.15, 0.2) is 0 Å². The van der Waals surface area contributed by atoms with E-state index in [1.807, 2.05) is 13.8 Å². The Morgan fingerprint density at radius 3 is 2.62 bits per heavy atom. The summed E-state index contributed by atoms with van der Waals surface area (Å²) >= 11 is 0. The summed E-state index contributed by atoms with van der Waals surface area (Å²) in [6.45, 7) is 7.54. The Labute approximate surface area is 123 Å². The zero-order valence-electron chi connectivity index (χ0n) is 12.6. The third-order valence-electron chi connectivity index (χ3n) is 3.49. The van der Waals surface area contributed by atoms with Crippen LogP contribution in [-0.2, 0) is 9.59 Å². The third kappa shape index (κ3) is 2.80. The van der Waals surface area contributed by atoms with Crippen molar-refractivity contribution in [1.29, 1.82) is 0 Å². The molecule has 0 aliphatic carbocycles. The molecule has 0 saturated carbocycles. The van der Waals surface area contributed by atoms with Crippen LogP contribution in [0.2, 0.25) is 0 Å². The second-order valence-corrected chi connectivity index (χ2v) is 5.39. The number of hydrogen-bond donors (Lipinski definition) is 3. The number of anilines is 2. The molecule has 1 aromatic heterocycles. The van der Waals surface area contributed by atoms with Crippen molar-refractivity contribution in [2.24, 2.45) is 5.84 Å². The number of carbonyl (C=O) groups excluding carboxylic acids is 2. The summed E-state index contributed by atoms with van der Waals surface area (Å²) in [6, 6.07) is -0.484. The summed E-state index contributed by atoms with van der Waals surface area (Å²) in [6.07, 6.45) is 0. The van der Waals surface area contributed by atoms with Gasteiger partial charge >= 0.3 is 0 Å². The van der Waals surface area contributed by atoms with Crippen molar-refractivity contribution in [2.45, 2.75) is 39.7 Å². The molecule has 1 aliphatic heterocycles. The maximum atomic E-state index is 11.8. The molecule has 0 aromatic carbocycles. The average Bonchev–Trinajstić information content (AvgIpc) is 2.43. The summed E-state index contributed by atoms with van der Waals surface area (Å²) < 4.78 is 0. The van der Waals surface area contributed by atoms with Gasteiger partial charge in [0.1, 0.15) is 23.5 Å². The molecule has 2 rings (SSSR count). The predicted octanol–water partition coefficient (Wildman–Crippen LogP) is 0.0453. The van der Waals surface area contributed by atoms with Crippen LogP contribution in [0, 0.1) is 6.92 Å². The van der Waals surface area contributed by atoms with Gasteiger partial charge in [-0.3, -0.25) is 14.9 Å². The molecule has 1 saturated heterocycles. The summed E-state index contributed by atoms with van der Waals surface area (Å²) in [5.41, 5.74) is 3.25. The number of nitrogen functional groups attached to an aromatic ring is 1. The van der Waals surface area contributed by atoms with Gasteiger partial charge in [0.05, 0.1) is 6.54 Å². The van der Waals surface area contributed by atoms with E-state index in [4.69, 9.17) is 5.84 Å². The fraction of sp³-hybridized carbons (Fsp3) is 0.538. The zero-order valence-corrected chi connectivity index (χ0v) is 12.6. The number of nitrogens with one attached hydrogen (secondary N) is 2. The smallest absolute Gasteiger partial charge is 0.249 e. The van der Waals surface area contributed by atoms with Crippen molar-refractivity contribution in [3.05, 3.63) is 11.4 Å². The molecule has 0 radical (unpaired) electrons. The zero-order chi connectivity index (χ0) is 15.7. The predicted molar refractivity (Wildman–Crippen MR) is 78.6 cm³/mol. The minimum Gasteiger partial charge on any atom is -0.335 e. The number of amides is 2. The number of rotatable bonds is 3. The fourth-order valence-electron chi connectivity index (χ4n) is 2.17. The Hall–Kier alpha value is -2.22. The number of hydrogen-bond acceptors (Lipinski definition) is 7. The Balaban J connectivity index is 2.53. The van der Waals surface area contributed by atoms with E-state index in [2.05, 4.69) is 20.7 Å². The molecular weight excluding hydrogens is 272 g/mol. The van der Waals surface area contributed by atoms with Crippen LogP contribution in [0.3, 0.4) is 0 Å². The van der Waals surface area contributed by atoms with E-state index >= 15 is 0 Å². The van der Waals surface area contributed by atoms with Crippen LogP contribution in [0.4, 0.5) is 11.6 Å². The first-order valence-corrected chi connectivity index (χ1v) is 6.80. The first kappa shape index (κ1) is 15.2. The van der Waals surface area contributed by atoms with E-state index in [-0.39, 0.29) is 24.3 Å². The SMILES string of the molecule is Cc1c(NN)nc(C(C)C)nc1N1CC(=O)NC(=O)C1C. The molecule has 4 N–H and O–H groups in total. The second kappa shape index (κ2) is 5.65. The van der Waals surface area contributed by atoms with E-state index in [0.717, 1.165) is 0 Å². The Bertz CT molecular complexity index is 586. The lowest BCUT2D eigenvalue weighted by atomic mass is 10.1. The highest BCUT2D eigenvalue weighted by Crippen LogP contribution is 2.27. The molecule has 8 nitrogen and oxygen atoms in total. The highest BCUT2D eigenvalue weighted by Gasteiger charge is 2.33. The van der Waals surface area contributed by atoms with Gasteiger partial charge in [-0.25, -0.2) is 15.8 Å². The monoisotopic (exact) mass is 292 g/mol. The molecule has 1 aromatic rings. The molecule has 1 atom stereocenters. The average molecular weight is 292 g/mol. The standard InChI is InChI=1S/C13H20N6O2/c1-6(2)10-16-11(18-14)7(3)12(17-10)19-5-9(20)15-13(21)8(19)4/h6,8H,5,14H2,1-4H3,(H,15,20,21)(H,16,17,18). The molecule has 21 heavy (non-hydrogen) atoms. The highest BCUT2D eigenvalue weighted by molar-refractivity contribution is 6.04. The van der Waals surface area contributed by atoms with Crippen molar-refractivity contribution in [3.8, 4) is 0 Å². The number of nitrogens with two attached hydrogens (primary N) is 1. The number of hydrazine groups is 1. The number of piperazine rings is 1. The quantitative estimate of drug-likeness (QED) is 0.409. The summed E-state index contributed by atoms with van der Waals surface area (Å²) in [7, 11) is 0. The summed E-state index contributed by atoms with van der Waals surface area (Å²) in [5, 5.41) is 2.31. The minimum absolute atomic E-state index is 0.0757. The van der Waals surface area contributed by atoms with Crippen molar-refractivity contribution >= 4 is 23.5 Å². The lowest BCUT2D eigenvalue weighted by Crippen LogP contribution is -2.57. The van der Waals surface area contributed by atoms with Crippen molar-refractivity contribution in [1.82, 2.24) is 15.3 Å². The molecule has 2 amide bonds. The Morgan fingerprint density at radius 2 is 2.05 bits per heavy atom. The van der Waals surface area contributed by atoms with Crippen molar-refractivity contribution < 1.29 is 9.59 Å². The normalized spacial score (nSPS) is 19.0. The van der Waals surface area contributed by atoms with Gasteiger partial charge in [-0.05, 0) is 13.8 Å². The van der Waals surface area contributed by atoms with Crippen molar-refractivity contribution in [2.75, 3.05) is 16.9 Å². The molecule has 1 fully saturated rings. The van der Waals surface area contributed by atoms with Crippen LogP contribution in [-0.4, -0.2) is 34.4 Å². The largest absolute Gasteiger partial charge is 0.335 e. The van der Waals surface area contributed by atoms with Gasteiger partial charge in [-0.1, -0.05) is 13.8 Å². The number of imide groups is 1. The lowest BCUT2D eigenvalue weighted by Gasteiger charge is -2.34. The van der Waals surface area contributed by atoms with E-state index in [1.54, 1.807) is 18.7 Å². The van der Waals surface area contributed by atoms with Gasteiger partial charge in [-0.15, -0.1) is 0 Å². The van der Waals surface area contributed by atoms with Crippen LogP contribution in [0.5, 0.6) is 0 Å². The van der Waals surface area contributed by atoms with Gasteiger partial charge < -0.3 is 10.3 Å².